The molecule has 2 aliphatic heterocycles. The molecule has 2 fully saturated rings. The molecule has 8 heteroatoms. The minimum atomic E-state index is -0.672. The molecule has 2 heterocycles. The number of carbonyl (C=O) groups is 4. The molecule has 2 aromatic carbocycles. The van der Waals surface area contributed by atoms with E-state index < -0.39 is 11.9 Å². The number of nitrogens with zero attached hydrogens (tertiary/aromatic N) is 1. The van der Waals surface area contributed by atoms with Gasteiger partial charge in [0.25, 0.3) is 11.8 Å². The highest BCUT2D eigenvalue weighted by molar-refractivity contribution is 6.30. The van der Waals surface area contributed by atoms with Gasteiger partial charge in [0, 0.05) is 29.1 Å². The Morgan fingerprint density at radius 2 is 1.81 bits per heavy atom. The molecule has 0 aromatic heterocycles. The molecule has 0 spiro atoms. The SMILES string of the molecule is O=C1CCC(N2Cc3cc(C(=O)N[C@H](c4ccc(Cl)cc4)C4CC4)ccc3C2=O)C(=O)N1. The molecule has 1 saturated carbocycles. The third-order valence-corrected chi connectivity index (χ3v) is 6.65. The van der Waals surface area contributed by atoms with Crippen molar-refractivity contribution in [1.29, 1.82) is 0 Å². The summed E-state index contributed by atoms with van der Waals surface area (Å²) in [5.41, 5.74) is 2.69. The summed E-state index contributed by atoms with van der Waals surface area (Å²) in [6, 6.07) is 11.8. The minimum absolute atomic E-state index is 0.0883. The largest absolute Gasteiger partial charge is 0.345 e. The molecule has 2 aromatic rings. The van der Waals surface area contributed by atoms with Crippen molar-refractivity contribution < 1.29 is 19.2 Å². The number of amides is 4. The molecule has 32 heavy (non-hydrogen) atoms. The molecule has 5 rings (SSSR count). The van der Waals surface area contributed by atoms with Gasteiger partial charge in [-0.05, 0) is 66.6 Å². The highest BCUT2D eigenvalue weighted by Crippen LogP contribution is 2.41. The van der Waals surface area contributed by atoms with E-state index in [0.717, 1.165) is 18.4 Å². The number of hydrogen-bond donors (Lipinski definition) is 2. The summed E-state index contributed by atoms with van der Waals surface area (Å²) in [6.07, 6.45) is 2.64. The predicted octanol–water partition coefficient (Wildman–Crippen LogP) is 2.98. The van der Waals surface area contributed by atoms with E-state index in [4.69, 9.17) is 11.6 Å². The van der Waals surface area contributed by atoms with Crippen LogP contribution in [0.4, 0.5) is 0 Å². The van der Waals surface area contributed by atoms with Crippen molar-refractivity contribution >= 4 is 35.2 Å². The van der Waals surface area contributed by atoms with Crippen molar-refractivity contribution in [2.24, 2.45) is 5.92 Å². The second-order valence-corrected chi connectivity index (χ2v) is 9.05. The minimum Gasteiger partial charge on any atom is -0.345 e. The fraction of sp³-hybridized carbons (Fsp3) is 0.333. The third-order valence-electron chi connectivity index (χ3n) is 6.39. The van der Waals surface area contributed by atoms with Gasteiger partial charge in [0.2, 0.25) is 11.8 Å². The predicted molar refractivity (Wildman–Crippen MR) is 117 cm³/mol. The van der Waals surface area contributed by atoms with Crippen LogP contribution < -0.4 is 10.6 Å². The molecule has 2 atom stereocenters. The van der Waals surface area contributed by atoms with E-state index in [9.17, 15) is 19.2 Å². The third kappa shape index (κ3) is 3.88. The lowest BCUT2D eigenvalue weighted by atomic mass is 10.0. The molecule has 2 N–H and O–H groups in total. The van der Waals surface area contributed by atoms with Gasteiger partial charge in [0.05, 0.1) is 6.04 Å². The van der Waals surface area contributed by atoms with Crippen LogP contribution in [0.1, 0.15) is 63.6 Å². The average Bonchev–Trinajstić information content (AvgIpc) is 3.56. The van der Waals surface area contributed by atoms with Gasteiger partial charge in [-0.2, -0.15) is 0 Å². The maximum absolute atomic E-state index is 13.0. The maximum Gasteiger partial charge on any atom is 0.255 e. The van der Waals surface area contributed by atoms with E-state index in [1.807, 2.05) is 24.3 Å². The second-order valence-electron chi connectivity index (χ2n) is 8.61. The average molecular weight is 452 g/mol. The molecule has 0 radical (unpaired) electrons. The second kappa shape index (κ2) is 8.06. The molecular formula is C24H22ClN3O4. The van der Waals surface area contributed by atoms with Crippen LogP contribution in [-0.2, 0) is 16.1 Å². The van der Waals surface area contributed by atoms with Crippen LogP contribution in [0.3, 0.4) is 0 Å². The van der Waals surface area contributed by atoms with Crippen molar-refractivity contribution in [2.45, 2.75) is 44.3 Å². The number of halogens is 1. The Morgan fingerprint density at radius 1 is 1.06 bits per heavy atom. The standard InChI is InChI=1S/C24H22ClN3O4/c25-17-6-3-14(4-7-17)21(13-1-2-13)27-22(30)15-5-8-18-16(11-15)12-28(24(18)32)19-9-10-20(29)26-23(19)31/h3-8,11,13,19,21H,1-2,9-10,12H2,(H,27,30)(H,26,29,31)/t19?,21-/m0/s1. The van der Waals surface area contributed by atoms with Gasteiger partial charge < -0.3 is 10.2 Å². The molecule has 3 aliphatic rings. The Kier molecular flexibility index (Phi) is 5.21. The summed E-state index contributed by atoms with van der Waals surface area (Å²) >= 11 is 6.00. The van der Waals surface area contributed by atoms with Crippen molar-refractivity contribution in [2.75, 3.05) is 0 Å². The van der Waals surface area contributed by atoms with Crippen molar-refractivity contribution in [3.05, 3.63) is 69.7 Å². The Hall–Kier alpha value is -3.19. The van der Waals surface area contributed by atoms with Gasteiger partial charge in [-0.25, -0.2) is 0 Å². The lowest BCUT2D eigenvalue weighted by Crippen LogP contribution is -2.52. The van der Waals surface area contributed by atoms with Crippen molar-refractivity contribution in [3.63, 3.8) is 0 Å². The smallest absolute Gasteiger partial charge is 0.255 e. The summed E-state index contributed by atoms with van der Waals surface area (Å²) in [5, 5.41) is 6.09. The van der Waals surface area contributed by atoms with Crippen molar-refractivity contribution in [1.82, 2.24) is 15.5 Å². The van der Waals surface area contributed by atoms with Crippen LogP contribution in [0.5, 0.6) is 0 Å². The normalized spacial score (nSPS) is 21.2. The lowest BCUT2D eigenvalue weighted by Gasteiger charge is -2.29. The number of hydrogen-bond acceptors (Lipinski definition) is 4. The van der Waals surface area contributed by atoms with Gasteiger partial charge >= 0.3 is 0 Å². The van der Waals surface area contributed by atoms with E-state index in [0.29, 0.717) is 34.1 Å². The Labute approximate surface area is 190 Å². The van der Waals surface area contributed by atoms with Crippen LogP contribution in [0, 0.1) is 5.92 Å². The topological polar surface area (TPSA) is 95.6 Å². The zero-order valence-electron chi connectivity index (χ0n) is 17.3. The van der Waals surface area contributed by atoms with E-state index in [2.05, 4.69) is 10.6 Å². The van der Waals surface area contributed by atoms with Gasteiger partial charge in [-0.15, -0.1) is 0 Å². The Morgan fingerprint density at radius 3 is 2.50 bits per heavy atom. The number of imide groups is 1. The molecule has 1 unspecified atom stereocenters. The fourth-order valence-electron chi connectivity index (χ4n) is 4.51. The summed E-state index contributed by atoms with van der Waals surface area (Å²) in [6.45, 7) is 0.241. The molecule has 164 valence electrons. The van der Waals surface area contributed by atoms with Crippen molar-refractivity contribution in [3.8, 4) is 0 Å². The molecule has 4 amide bonds. The zero-order valence-corrected chi connectivity index (χ0v) is 18.0. The van der Waals surface area contributed by atoms with Crippen LogP contribution in [0.15, 0.2) is 42.5 Å². The Bertz CT molecular complexity index is 1130. The van der Waals surface area contributed by atoms with Gasteiger partial charge in [-0.1, -0.05) is 23.7 Å². The number of nitrogens with one attached hydrogen (secondary N) is 2. The molecular weight excluding hydrogens is 430 g/mol. The monoisotopic (exact) mass is 451 g/mol. The number of benzene rings is 2. The number of piperidine rings is 1. The van der Waals surface area contributed by atoms with E-state index in [-0.39, 0.29) is 36.7 Å². The highest BCUT2D eigenvalue weighted by Gasteiger charge is 2.39. The van der Waals surface area contributed by atoms with Gasteiger partial charge in [0.1, 0.15) is 6.04 Å². The molecule has 0 bridgehead atoms. The van der Waals surface area contributed by atoms with Crippen LogP contribution in [-0.4, -0.2) is 34.6 Å². The first kappa shape index (κ1) is 20.7. The first-order chi connectivity index (χ1) is 15.4. The lowest BCUT2D eigenvalue weighted by molar-refractivity contribution is -0.136. The number of rotatable bonds is 5. The number of carbonyl (C=O) groups excluding carboxylic acids is 4. The summed E-state index contributed by atoms with van der Waals surface area (Å²) < 4.78 is 0. The molecule has 7 nitrogen and oxygen atoms in total. The van der Waals surface area contributed by atoms with E-state index >= 15 is 0 Å². The summed E-state index contributed by atoms with van der Waals surface area (Å²) in [4.78, 5) is 51.0. The Balaban J connectivity index is 1.33. The quantitative estimate of drug-likeness (QED) is 0.683. The molecule has 1 aliphatic carbocycles. The first-order valence-electron chi connectivity index (χ1n) is 10.7. The van der Waals surface area contributed by atoms with Gasteiger partial charge in [-0.3, -0.25) is 24.5 Å². The van der Waals surface area contributed by atoms with Crippen LogP contribution >= 0.6 is 11.6 Å². The molecule has 1 saturated heterocycles. The maximum atomic E-state index is 13.0. The number of fused-ring (bicyclic) bond motifs is 1. The summed E-state index contributed by atoms with van der Waals surface area (Å²) in [7, 11) is 0. The van der Waals surface area contributed by atoms with E-state index in [1.54, 1.807) is 18.2 Å². The zero-order chi connectivity index (χ0) is 22.4. The fourth-order valence-corrected chi connectivity index (χ4v) is 4.64. The van der Waals surface area contributed by atoms with Crippen LogP contribution in [0.25, 0.3) is 0 Å². The summed E-state index contributed by atoms with van der Waals surface area (Å²) in [5.74, 6) is -0.819. The van der Waals surface area contributed by atoms with E-state index in [1.165, 1.54) is 4.90 Å². The van der Waals surface area contributed by atoms with Gasteiger partial charge in [0.15, 0.2) is 0 Å². The van der Waals surface area contributed by atoms with Crippen LogP contribution in [0.2, 0.25) is 5.02 Å². The first-order valence-corrected chi connectivity index (χ1v) is 11.1. The highest BCUT2D eigenvalue weighted by atomic mass is 35.5.